The number of aromatic nitrogens is 1. The maximum atomic E-state index is 12.7. The van der Waals surface area contributed by atoms with Gasteiger partial charge >= 0.3 is 6.18 Å². The van der Waals surface area contributed by atoms with Crippen LogP contribution >= 0.6 is 23.2 Å². The van der Waals surface area contributed by atoms with Crippen LogP contribution in [0, 0.1) is 0 Å². The number of aromatic amines is 1. The molecule has 0 unspecified atom stereocenters. The molecule has 0 saturated carbocycles. The molecule has 0 spiro atoms. The smallest absolute Gasteiger partial charge is 0.355 e. The van der Waals surface area contributed by atoms with Gasteiger partial charge in [-0.2, -0.15) is 13.2 Å². The first kappa shape index (κ1) is 14.3. The van der Waals surface area contributed by atoms with E-state index >= 15 is 0 Å². The molecule has 0 atom stereocenters. The van der Waals surface area contributed by atoms with E-state index in [2.05, 4.69) is 4.98 Å². The van der Waals surface area contributed by atoms with Crippen LogP contribution in [0.2, 0.25) is 10.0 Å². The molecular formula is C15H8Cl2F3N. The van der Waals surface area contributed by atoms with Gasteiger partial charge in [-0.25, -0.2) is 0 Å². The highest BCUT2D eigenvalue weighted by Crippen LogP contribution is 2.34. The summed E-state index contributed by atoms with van der Waals surface area (Å²) in [5.41, 5.74) is 1.40. The average molecular weight is 330 g/mol. The first-order chi connectivity index (χ1) is 9.84. The van der Waals surface area contributed by atoms with Gasteiger partial charge in [0.05, 0.1) is 15.6 Å². The average Bonchev–Trinajstić information content (AvgIpc) is 2.83. The third-order valence-corrected chi connectivity index (χ3v) is 3.92. The van der Waals surface area contributed by atoms with Crippen molar-refractivity contribution in [2.24, 2.45) is 0 Å². The number of hydrogen-bond donors (Lipinski definition) is 1. The van der Waals surface area contributed by atoms with Gasteiger partial charge in [0.2, 0.25) is 0 Å². The number of fused-ring (bicyclic) bond motifs is 1. The highest BCUT2D eigenvalue weighted by atomic mass is 35.5. The molecule has 1 heterocycles. The van der Waals surface area contributed by atoms with E-state index in [1.165, 1.54) is 6.07 Å². The van der Waals surface area contributed by atoms with Crippen LogP contribution < -0.4 is 0 Å². The highest BCUT2D eigenvalue weighted by molar-refractivity contribution is 6.42. The Morgan fingerprint density at radius 3 is 2.29 bits per heavy atom. The van der Waals surface area contributed by atoms with Gasteiger partial charge in [-0.3, -0.25) is 0 Å². The third-order valence-electron chi connectivity index (χ3n) is 3.18. The molecule has 1 nitrogen and oxygen atoms in total. The molecule has 0 aliphatic carbocycles. The summed E-state index contributed by atoms with van der Waals surface area (Å²) in [7, 11) is 0. The Kier molecular flexibility index (Phi) is 3.38. The maximum absolute atomic E-state index is 12.7. The summed E-state index contributed by atoms with van der Waals surface area (Å²) in [5.74, 6) is 0. The molecule has 1 N–H and O–H groups in total. The van der Waals surface area contributed by atoms with Crippen molar-refractivity contribution in [2.45, 2.75) is 6.18 Å². The predicted molar refractivity (Wildman–Crippen MR) is 78.8 cm³/mol. The molecular weight excluding hydrogens is 322 g/mol. The van der Waals surface area contributed by atoms with Crippen molar-refractivity contribution in [2.75, 3.05) is 0 Å². The third kappa shape index (κ3) is 2.74. The Labute approximate surface area is 128 Å². The lowest BCUT2D eigenvalue weighted by molar-refractivity contribution is -0.137. The van der Waals surface area contributed by atoms with Gasteiger partial charge < -0.3 is 4.98 Å². The van der Waals surface area contributed by atoms with Crippen molar-refractivity contribution in [3.05, 3.63) is 58.1 Å². The van der Waals surface area contributed by atoms with Gasteiger partial charge in [0.1, 0.15) is 0 Å². The van der Waals surface area contributed by atoms with Crippen LogP contribution in [0.15, 0.2) is 42.5 Å². The summed E-state index contributed by atoms with van der Waals surface area (Å²) in [6, 6.07) is 10.3. The fraction of sp³-hybridized carbons (Fsp3) is 0.0667. The van der Waals surface area contributed by atoms with Crippen LogP contribution in [0.1, 0.15) is 5.56 Å². The van der Waals surface area contributed by atoms with E-state index in [9.17, 15) is 13.2 Å². The van der Waals surface area contributed by atoms with Gasteiger partial charge in [-0.05, 0) is 42.0 Å². The lowest BCUT2D eigenvalue weighted by Crippen LogP contribution is -2.03. The summed E-state index contributed by atoms with van der Waals surface area (Å²) in [6.45, 7) is 0. The fourth-order valence-electron chi connectivity index (χ4n) is 2.13. The Morgan fingerprint density at radius 2 is 1.62 bits per heavy atom. The molecule has 3 rings (SSSR count). The molecule has 0 aliphatic heterocycles. The molecule has 0 radical (unpaired) electrons. The molecule has 0 fully saturated rings. The van der Waals surface area contributed by atoms with Crippen LogP contribution in [-0.4, -0.2) is 4.98 Å². The Morgan fingerprint density at radius 1 is 0.857 bits per heavy atom. The minimum atomic E-state index is -4.35. The molecule has 0 aliphatic rings. The monoisotopic (exact) mass is 329 g/mol. The molecule has 21 heavy (non-hydrogen) atoms. The predicted octanol–water partition coefficient (Wildman–Crippen LogP) is 6.16. The normalized spacial score (nSPS) is 12.0. The van der Waals surface area contributed by atoms with Gasteiger partial charge in [0.15, 0.2) is 0 Å². The van der Waals surface area contributed by atoms with Crippen molar-refractivity contribution >= 4 is 34.1 Å². The SMILES string of the molecule is FC(F)(F)c1ccc2[nH]c(-c3ccc(Cl)c(Cl)c3)cc2c1. The van der Waals surface area contributed by atoms with Crippen LogP contribution in [0.5, 0.6) is 0 Å². The minimum absolute atomic E-state index is 0.392. The summed E-state index contributed by atoms with van der Waals surface area (Å²) < 4.78 is 38.1. The topological polar surface area (TPSA) is 15.8 Å². The highest BCUT2D eigenvalue weighted by Gasteiger charge is 2.30. The van der Waals surface area contributed by atoms with E-state index in [0.29, 0.717) is 26.6 Å². The molecule has 0 amide bonds. The molecule has 0 bridgehead atoms. The summed E-state index contributed by atoms with van der Waals surface area (Å²) in [4.78, 5) is 3.07. The van der Waals surface area contributed by atoms with Crippen LogP contribution in [-0.2, 0) is 6.18 Å². The van der Waals surface area contributed by atoms with E-state index in [1.807, 2.05) is 0 Å². The summed E-state index contributed by atoms with van der Waals surface area (Å²) in [5, 5.41) is 1.31. The standard InChI is InChI=1S/C15H8Cl2F3N/c16-11-3-1-8(6-12(11)17)14-7-9-5-10(15(18,19)20)2-4-13(9)21-14/h1-7,21H. The summed E-state index contributed by atoms with van der Waals surface area (Å²) in [6.07, 6.45) is -4.35. The first-order valence-electron chi connectivity index (χ1n) is 6.00. The molecule has 3 aromatic rings. The number of benzene rings is 2. The first-order valence-corrected chi connectivity index (χ1v) is 6.75. The number of hydrogen-bond acceptors (Lipinski definition) is 0. The van der Waals surface area contributed by atoms with Gasteiger partial charge in [-0.1, -0.05) is 29.3 Å². The van der Waals surface area contributed by atoms with Crippen LogP contribution in [0.25, 0.3) is 22.2 Å². The second kappa shape index (κ2) is 4.97. The van der Waals surface area contributed by atoms with Gasteiger partial charge in [0, 0.05) is 16.6 Å². The summed E-state index contributed by atoms with van der Waals surface area (Å²) >= 11 is 11.8. The zero-order valence-electron chi connectivity index (χ0n) is 10.4. The number of H-pyrrole nitrogens is 1. The van der Waals surface area contributed by atoms with Crippen molar-refractivity contribution in [1.29, 1.82) is 0 Å². The Hall–Kier alpha value is -1.65. The van der Waals surface area contributed by atoms with Gasteiger partial charge in [0.25, 0.3) is 0 Å². The zero-order valence-corrected chi connectivity index (χ0v) is 11.9. The number of alkyl halides is 3. The molecule has 6 heteroatoms. The van der Waals surface area contributed by atoms with E-state index in [-0.39, 0.29) is 0 Å². The Balaban J connectivity index is 2.10. The van der Waals surface area contributed by atoms with Gasteiger partial charge in [-0.15, -0.1) is 0 Å². The quantitative estimate of drug-likeness (QED) is 0.550. The number of rotatable bonds is 1. The molecule has 2 aromatic carbocycles. The maximum Gasteiger partial charge on any atom is 0.416 e. The van der Waals surface area contributed by atoms with Crippen molar-refractivity contribution in [3.8, 4) is 11.3 Å². The van der Waals surface area contributed by atoms with E-state index < -0.39 is 11.7 Å². The Bertz CT molecular complexity index is 821. The molecule has 108 valence electrons. The second-order valence-electron chi connectivity index (χ2n) is 4.61. The number of halogens is 5. The zero-order chi connectivity index (χ0) is 15.2. The second-order valence-corrected chi connectivity index (χ2v) is 5.43. The largest absolute Gasteiger partial charge is 0.416 e. The molecule has 0 saturated heterocycles. The minimum Gasteiger partial charge on any atom is -0.355 e. The molecule has 1 aromatic heterocycles. The van der Waals surface area contributed by atoms with Crippen molar-refractivity contribution < 1.29 is 13.2 Å². The fourth-order valence-corrected chi connectivity index (χ4v) is 2.43. The number of nitrogens with one attached hydrogen (secondary N) is 1. The van der Waals surface area contributed by atoms with E-state index in [4.69, 9.17) is 23.2 Å². The lowest BCUT2D eigenvalue weighted by atomic mass is 10.1. The van der Waals surface area contributed by atoms with Crippen LogP contribution in [0.4, 0.5) is 13.2 Å². The lowest BCUT2D eigenvalue weighted by Gasteiger charge is -2.05. The van der Waals surface area contributed by atoms with Crippen LogP contribution in [0.3, 0.4) is 0 Å². The van der Waals surface area contributed by atoms with Crippen molar-refractivity contribution in [1.82, 2.24) is 4.98 Å². The van der Waals surface area contributed by atoms with E-state index in [0.717, 1.165) is 17.7 Å². The van der Waals surface area contributed by atoms with E-state index in [1.54, 1.807) is 24.3 Å². The van der Waals surface area contributed by atoms with Crippen molar-refractivity contribution in [3.63, 3.8) is 0 Å².